The van der Waals surface area contributed by atoms with Crippen molar-refractivity contribution >= 4 is 36.0 Å². The van der Waals surface area contributed by atoms with Crippen LogP contribution in [-0.2, 0) is 37.2 Å². The summed E-state index contributed by atoms with van der Waals surface area (Å²) in [4.78, 5) is 40.6. The third-order valence-electron chi connectivity index (χ3n) is 7.46. The number of nitrogens with zero attached hydrogens (tertiary/aromatic N) is 1. The first-order chi connectivity index (χ1) is 20.7. The van der Waals surface area contributed by atoms with Gasteiger partial charge in [-0.2, -0.15) is 13.2 Å². The van der Waals surface area contributed by atoms with E-state index in [0.29, 0.717) is 29.7 Å². The Morgan fingerprint density at radius 3 is 2.25 bits per heavy atom. The lowest BCUT2D eigenvalue weighted by atomic mass is 9.77. The summed E-state index contributed by atoms with van der Waals surface area (Å²) >= 11 is 0. The molecule has 2 unspecified atom stereocenters. The molecule has 15 heteroatoms. The molecule has 1 heterocycles. The lowest BCUT2D eigenvalue weighted by Crippen LogP contribution is -2.51. The predicted molar refractivity (Wildman–Crippen MR) is 160 cm³/mol. The Kier molecular flexibility index (Phi) is 11.9. The van der Waals surface area contributed by atoms with Gasteiger partial charge in [0.15, 0.2) is 0 Å². The SMILES string of the molecule is CC1(C)OB(O)c2c(NC(=O)C(CCc3ccc(C(F)(F)F)cc3)NC(=O)C(N)CCC(=O)N(CCN)CCN)cccc21. The number of rotatable bonds is 14. The lowest BCUT2D eigenvalue weighted by molar-refractivity contribution is -0.137. The van der Waals surface area contributed by atoms with Crippen LogP contribution in [0, 0.1) is 0 Å². The first kappa shape index (κ1) is 35.0. The summed E-state index contributed by atoms with van der Waals surface area (Å²) in [6, 6.07) is 7.29. The van der Waals surface area contributed by atoms with E-state index in [2.05, 4.69) is 10.6 Å². The fraction of sp³-hybridized carbons (Fsp3) is 0.483. The van der Waals surface area contributed by atoms with Crippen LogP contribution in [0.2, 0.25) is 0 Å². The molecule has 3 rings (SSSR count). The molecule has 0 spiro atoms. The van der Waals surface area contributed by atoms with E-state index in [-0.39, 0.29) is 50.4 Å². The number of amides is 3. The maximum absolute atomic E-state index is 13.5. The molecule has 44 heavy (non-hydrogen) atoms. The number of alkyl halides is 3. The number of carbonyl (C=O) groups is 3. The highest BCUT2D eigenvalue weighted by Gasteiger charge is 2.42. The van der Waals surface area contributed by atoms with Crippen LogP contribution in [-0.4, -0.2) is 73.0 Å². The molecule has 11 nitrogen and oxygen atoms in total. The van der Waals surface area contributed by atoms with Gasteiger partial charge in [-0.1, -0.05) is 24.3 Å². The van der Waals surface area contributed by atoms with E-state index in [0.717, 1.165) is 12.1 Å². The molecule has 0 aliphatic carbocycles. The first-order valence-corrected chi connectivity index (χ1v) is 14.4. The topological polar surface area (TPSA) is 186 Å². The van der Waals surface area contributed by atoms with Crippen molar-refractivity contribution in [1.29, 1.82) is 0 Å². The molecule has 0 bridgehead atoms. The molecule has 2 atom stereocenters. The number of nitrogens with two attached hydrogens (primary N) is 3. The average Bonchev–Trinajstić information content (AvgIpc) is 3.21. The van der Waals surface area contributed by atoms with Crippen molar-refractivity contribution in [3.05, 3.63) is 59.2 Å². The largest absolute Gasteiger partial charge is 0.494 e. The zero-order chi connectivity index (χ0) is 32.7. The molecular formula is C29H40BF3N6O5. The zero-order valence-electron chi connectivity index (χ0n) is 24.8. The lowest BCUT2D eigenvalue weighted by Gasteiger charge is -2.23. The predicted octanol–water partition coefficient (Wildman–Crippen LogP) is 0.568. The van der Waals surface area contributed by atoms with Crippen molar-refractivity contribution in [1.82, 2.24) is 10.2 Å². The van der Waals surface area contributed by atoms with Crippen LogP contribution in [0.5, 0.6) is 0 Å². The summed E-state index contributed by atoms with van der Waals surface area (Å²) in [6.07, 6.45) is -4.36. The average molecular weight is 620 g/mol. The van der Waals surface area contributed by atoms with Gasteiger partial charge in [0.25, 0.3) is 0 Å². The van der Waals surface area contributed by atoms with Crippen molar-refractivity contribution in [2.75, 3.05) is 31.5 Å². The van der Waals surface area contributed by atoms with Crippen molar-refractivity contribution in [3.8, 4) is 0 Å². The number of aryl methyl sites for hydroxylation is 1. The van der Waals surface area contributed by atoms with Crippen molar-refractivity contribution < 1.29 is 37.2 Å². The molecule has 0 saturated carbocycles. The Hall–Kier alpha value is -3.50. The first-order valence-electron chi connectivity index (χ1n) is 14.4. The van der Waals surface area contributed by atoms with Gasteiger partial charge < -0.3 is 42.4 Å². The molecule has 0 saturated heterocycles. The van der Waals surface area contributed by atoms with Crippen LogP contribution in [0.3, 0.4) is 0 Å². The van der Waals surface area contributed by atoms with Gasteiger partial charge in [-0.05, 0) is 62.4 Å². The number of carbonyl (C=O) groups excluding carboxylic acids is 3. The third-order valence-corrected chi connectivity index (χ3v) is 7.46. The number of nitrogens with one attached hydrogen (secondary N) is 2. The minimum Gasteiger partial charge on any atom is -0.423 e. The van der Waals surface area contributed by atoms with Crippen molar-refractivity contribution in [2.45, 2.75) is 63.4 Å². The van der Waals surface area contributed by atoms with Crippen LogP contribution in [0.1, 0.15) is 49.8 Å². The summed E-state index contributed by atoms with van der Waals surface area (Å²) in [5.74, 6) is -1.57. The van der Waals surface area contributed by atoms with Crippen LogP contribution < -0.4 is 33.3 Å². The normalized spacial score (nSPS) is 15.3. The summed E-state index contributed by atoms with van der Waals surface area (Å²) in [5.41, 5.74) is 17.5. The second kappa shape index (κ2) is 15.0. The molecule has 2 aromatic rings. The molecule has 0 fully saturated rings. The van der Waals surface area contributed by atoms with E-state index in [1.54, 1.807) is 32.0 Å². The summed E-state index contributed by atoms with van der Waals surface area (Å²) in [7, 11) is -1.29. The molecule has 0 radical (unpaired) electrons. The maximum Gasteiger partial charge on any atom is 0.494 e. The second-order valence-electron chi connectivity index (χ2n) is 11.1. The summed E-state index contributed by atoms with van der Waals surface area (Å²) in [6.45, 7) is 4.67. The Bertz CT molecular complexity index is 1310. The molecule has 1 aliphatic rings. The standard InChI is InChI=1S/C29H40BF3N6O5/c1-28(2)20-4-3-5-22(25(20)30(43)44-28)37-27(42)23(12-8-18-6-9-19(10-7-18)29(31,32)33)38-26(41)21(36)11-13-24(40)39(16-14-34)17-15-35/h3-7,9-10,21,23,43H,8,11-17,34-36H2,1-2H3,(H,37,42)(H,38,41). The Morgan fingerprint density at radius 1 is 1.02 bits per heavy atom. The van der Waals surface area contributed by atoms with Gasteiger partial charge in [0, 0.05) is 43.8 Å². The number of hydrogen-bond donors (Lipinski definition) is 6. The highest BCUT2D eigenvalue weighted by atomic mass is 19.4. The number of anilines is 1. The molecule has 1 aliphatic heterocycles. The van der Waals surface area contributed by atoms with Crippen LogP contribution in [0.25, 0.3) is 0 Å². The molecule has 0 aromatic heterocycles. The fourth-order valence-corrected chi connectivity index (χ4v) is 5.05. The van der Waals surface area contributed by atoms with Gasteiger partial charge in [0.05, 0.1) is 17.2 Å². The van der Waals surface area contributed by atoms with E-state index >= 15 is 0 Å². The number of benzene rings is 2. The highest BCUT2D eigenvalue weighted by Crippen LogP contribution is 2.32. The summed E-state index contributed by atoms with van der Waals surface area (Å²) < 4.78 is 44.6. The Labute approximate surface area is 254 Å². The van der Waals surface area contributed by atoms with Gasteiger partial charge in [-0.25, -0.2) is 0 Å². The Morgan fingerprint density at radius 2 is 1.66 bits per heavy atom. The van der Waals surface area contributed by atoms with Gasteiger partial charge in [-0.15, -0.1) is 0 Å². The Balaban J connectivity index is 1.75. The van der Waals surface area contributed by atoms with Gasteiger partial charge in [0.1, 0.15) is 6.04 Å². The third kappa shape index (κ3) is 9.02. The van der Waals surface area contributed by atoms with E-state index in [9.17, 15) is 32.6 Å². The second-order valence-corrected chi connectivity index (χ2v) is 11.1. The number of fused-ring (bicyclic) bond motifs is 1. The molecule has 2 aromatic carbocycles. The monoisotopic (exact) mass is 620 g/mol. The van der Waals surface area contributed by atoms with E-state index in [1.807, 2.05) is 0 Å². The number of hydrogen-bond acceptors (Lipinski definition) is 8. The van der Waals surface area contributed by atoms with Gasteiger partial charge in [-0.3, -0.25) is 14.4 Å². The van der Waals surface area contributed by atoms with Crippen LogP contribution in [0.15, 0.2) is 42.5 Å². The fourth-order valence-electron chi connectivity index (χ4n) is 5.05. The van der Waals surface area contributed by atoms with Crippen LogP contribution in [0.4, 0.5) is 18.9 Å². The van der Waals surface area contributed by atoms with Crippen molar-refractivity contribution in [2.24, 2.45) is 17.2 Å². The highest BCUT2D eigenvalue weighted by molar-refractivity contribution is 6.64. The van der Waals surface area contributed by atoms with Crippen molar-refractivity contribution in [3.63, 3.8) is 0 Å². The molecular weight excluding hydrogens is 580 g/mol. The van der Waals surface area contributed by atoms with E-state index < -0.39 is 48.4 Å². The van der Waals surface area contributed by atoms with Crippen LogP contribution >= 0.6 is 0 Å². The smallest absolute Gasteiger partial charge is 0.423 e. The van der Waals surface area contributed by atoms with Gasteiger partial charge in [0.2, 0.25) is 17.7 Å². The molecule has 240 valence electrons. The minimum absolute atomic E-state index is 0.00559. The summed E-state index contributed by atoms with van der Waals surface area (Å²) in [5, 5.41) is 15.9. The quantitative estimate of drug-likeness (QED) is 0.166. The maximum atomic E-state index is 13.5. The van der Waals surface area contributed by atoms with E-state index in [4.69, 9.17) is 21.9 Å². The molecule has 9 N–H and O–H groups in total. The molecule has 3 amide bonds. The minimum atomic E-state index is -4.49. The number of halogens is 3. The van der Waals surface area contributed by atoms with Gasteiger partial charge >= 0.3 is 13.3 Å². The van der Waals surface area contributed by atoms with E-state index in [1.165, 1.54) is 17.0 Å². The zero-order valence-corrected chi connectivity index (χ0v) is 24.8.